The van der Waals surface area contributed by atoms with Crippen LogP contribution < -0.4 is 0 Å². The summed E-state index contributed by atoms with van der Waals surface area (Å²) >= 11 is 0. The van der Waals surface area contributed by atoms with Crippen molar-refractivity contribution in [2.75, 3.05) is 0 Å². The Hall–Kier alpha value is -0.790. The molecule has 0 aliphatic rings. The summed E-state index contributed by atoms with van der Waals surface area (Å²) in [5.41, 5.74) is 1.37. The van der Waals surface area contributed by atoms with Crippen molar-refractivity contribution in [1.29, 1.82) is 0 Å². The Labute approximate surface area is 74.6 Å². The minimum absolute atomic E-state index is 0.681. The minimum atomic E-state index is 0.681. The molecule has 0 saturated heterocycles. The first-order valence-electron chi connectivity index (χ1n) is 4.74. The molecule has 12 heavy (non-hydrogen) atoms. The zero-order valence-corrected chi connectivity index (χ0v) is 8.25. The minimum Gasteiger partial charge on any atom is -0.269 e. The van der Waals surface area contributed by atoms with Crippen LogP contribution in [0.25, 0.3) is 0 Å². The van der Waals surface area contributed by atoms with E-state index in [2.05, 4.69) is 36.6 Å². The van der Waals surface area contributed by atoms with Gasteiger partial charge >= 0.3 is 0 Å². The molecule has 0 atom stereocenters. The lowest BCUT2D eigenvalue weighted by Crippen LogP contribution is -2.09. The van der Waals surface area contributed by atoms with Crippen molar-refractivity contribution < 1.29 is 0 Å². The summed E-state index contributed by atoms with van der Waals surface area (Å²) in [4.78, 5) is 0. The van der Waals surface area contributed by atoms with Crippen LogP contribution in [0.4, 0.5) is 0 Å². The molecule has 1 aromatic heterocycles. The van der Waals surface area contributed by atoms with Crippen molar-refractivity contribution in [3.05, 3.63) is 18.0 Å². The molecule has 0 aliphatic carbocycles. The summed E-state index contributed by atoms with van der Waals surface area (Å²) in [7, 11) is 0. The molecule has 1 rings (SSSR count). The molecule has 1 aromatic rings. The number of nitrogens with zero attached hydrogens (tertiary/aromatic N) is 2. The van der Waals surface area contributed by atoms with E-state index >= 15 is 0 Å². The average Bonchev–Trinajstić information content (AvgIpc) is 2.37. The van der Waals surface area contributed by atoms with Crippen LogP contribution in [-0.4, -0.2) is 9.78 Å². The second kappa shape index (κ2) is 4.29. The maximum atomic E-state index is 4.29. The Morgan fingerprint density at radius 1 is 1.50 bits per heavy atom. The first kappa shape index (κ1) is 9.30. The largest absolute Gasteiger partial charge is 0.269 e. The molecule has 0 saturated carbocycles. The Kier molecular flexibility index (Phi) is 3.32. The fourth-order valence-electron chi connectivity index (χ4n) is 1.34. The molecule has 0 fully saturated rings. The lowest BCUT2D eigenvalue weighted by atomic mass is 10.2. The van der Waals surface area contributed by atoms with E-state index in [0.29, 0.717) is 5.92 Å². The van der Waals surface area contributed by atoms with E-state index in [-0.39, 0.29) is 0 Å². The highest BCUT2D eigenvalue weighted by Crippen LogP contribution is 2.05. The highest BCUT2D eigenvalue weighted by atomic mass is 15.3. The fourth-order valence-corrected chi connectivity index (χ4v) is 1.34. The van der Waals surface area contributed by atoms with Crippen molar-refractivity contribution >= 4 is 0 Å². The molecule has 2 nitrogen and oxygen atoms in total. The number of rotatable bonds is 4. The van der Waals surface area contributed by atoms with E-state index in [0.717, 1.165) is 13.0 Å². The first-order valence-corrected chi connectivity index (χ1v) is 4.74. The quantitative estimate of drug-likeness (QED) is 0.672. The predicted molar refractivity (Wildman–Crippen MR) is 51.1 cm³/mol. The third kappa shape index (κ3) is 2.36. The molecule has 0 aromatic carbocycles. The summed E-state index contributed by atoms with van der Waals surface area (Å²) in [6.07, 6.45) is 4.24. The van der Waals surface area contributed by atoms with Gasteiger partial charge in [0.05, 0.1) is 0 Å². The van der Waals surface area contributed by atoms with E-state index in [1.165, 1.54) is 12.1 Å². The number of hydrogen-bond acceptors (Lipinski definition) is 1. The van der Waals surface area contributed by atoms with E-state index < -0.39 is 0 Å². The van der Waals surface area contributed by atoms with Crippen LogP contribution in [0.15, 0.2) is 12.3 Å². The molecule has 0 N–H and O–H groups in total. The van der Waals surface area contributed by atoms with Gasteiger partial charge in [0.1, 0.15) is 0 Å². The molecule has 1 heterocycles. The van der Waals surface area contributed by atoms with Gasteiger partial charge in [-0.2, -0.15) is 5.10 Å². The van der Waals surface area contributed by atoms with Crippen LogP contribution in [0.5, 0.6) is 0 Å². The van der Waals surface area contributed by atoms with Gasteiger partial charge in [0.25, 0.3) is 0 Å². The molecule has 0 radical (unpaired) electrons. The molecule has 0 bridgehead atoms. The summed E-state index contributed by atoms with van der Waals surface area (Å²) in [6.45, 7) is 7.68. The van der Waals surface area contributed by atoms with Crippen LogP contribution in [-0.2, 0) is 13.0 Å². The molecule has 0 aliphatic heterocycles. The second-order valence-corrected chi connectivity index (χ2v) is 3.65. The maximum absolute atomic E-state index is 4.29. The molecule has 0 unspecified atom stereocenters. The van der Waals surface area contributed by atoms with Crippen LogP contribution >= 0.6 is 0 Å². The van der Waals surface area contributed by atoms with E-state index in [1.54, 1.807) is 0 Å². The monoisotopic (exact) mass is 166 g/mol. The molecular weight excluding hydrogens is 148 g/mol. The van der Waals surface area contributed by atoms with Gasteiger partial charge in [-0.05, 0) is 18.4 Å². The first-order chi connectivity index (χ1) is 5.74. The normalized spacial score (nSPS) is 11.0. The molecule has 68 valence electrons. The highest BCUT2D eigenvalue weighted by Gasteiger charge is 2.02. The van der Waals surface area contributed by atoms with Crippen LogP contribution in [0, 0.1) is 5.92 Å². The molecule has 0 spiro atoms. The standard InChI is InChI=1S/C10H18N2/c1-4-5-10-6-7-11-12(10)8-9(2)3/h6-7,9H,4-5,8H2,1-3H3. The van der Waals surface area contributed by atoms with Gasteiger partial charge in [0, 0.05) is 18.4 Å². The van der Waals surface area contributed by atoms with Gasteiger partial charge in [0.15, 0.2) is 0 Å². The van der Waals surface area contributed by atoms with E-state index in [1.807, 2.05) is 6.20 Å². The third-order valence-corrected chi connectivity index (χ3v) is 1.85. The van der Waals surface area contributed by atoms with Crippen molar-refractivity contribution in [2.24, 2.45) is 5.92 Å². The number of aryl methyl sites for hydroxylation is 1. The van der Waals surface area contributed by atoms with E-state index in [9.17, 15) is 0 Å². The van der Waals surface area contributed by atoms with Crippen molar-refractivity contribution in [3.63, 3.8) is 0 Å². The fraction of sp³-hybridized carbons (Fsp3) is 0.700. The van der Waals surface area contributed by atoms with Crippen molar-refractivity contribution in [3.8, 4) is 0 Å². The molecular formula is C10H18N2. The van der Waals surface area contributed by atoms with Gasteiger partial charge in [-0.25, -0.2) is 0 Å². The van der Waals surface area contributed by atoms with Crippen LogP contribution in [0.2, 0.25) is 0 Å². The van der Waals surface area contributed by atoms with Crippen LogP contribution in [0.1, 0.15) is 32.9 Å². The van der Waals surface area contributed by atoms with Gasteiger partial charge < -0.3 is 0 Å². The van der Waals surface area contributed by atoms with Gasteiger partial charge in [-0.3, -0.25) is 4.68 Å². The zero-order valence-electron chi connectivity index (χ0n) is 8.25. The van der Waals surface area contributed by atoms with Crippen molar-refractivity contribution in [2.45, 2.75) is 40.2 Å². The molecule has 2 heteroatoms. The highest BCUT2D eigenvalue weighted by molar-refractivity contribution is 5.00. The Bertz CT molecular complexity index is 225. The summed E-state index contributed by atoms with van der Waals surface area (Å²) < 4.78 is 2.12. The Morgan fingerprint density at radius 2 is 2.25 bits per heavy atom. The third-order valence-electron chi connectivity index (χ3n) is 1.85. The van der Waals surface area contributed by atoms with E-state index in [4.69, 9.17) is 0 Å². The number of aromatic nitrogens is 2. The predicted octanol–water partition coefficient (Wildman–Crippen LogP) is 2.49. The summed E-state index contributed by atoms with van der Waals surface area (Å²) in [5.74, 6) is 0.681. The van der Waals surface area contributed by atoms with Gasteiger partial charge in [-0.15, -0.1) is 0 Å². The lowest BCUT2D eigenvalue weighted by Gasteiger charge is -2.08. The summed E-state index contributed by atoms with van der Waals surface area (Å²) in [6, 6.07) is 2.12. The SMILES string of the molecule is CCCc1ccnn1CC(C)C. The smallest absolute Gasteiger partial charge is 0.0492 e. The topological polar surface area (TPSA) is 17.8 Å². The Balaban J connectivity index is 2.63. The maximum Gasteiger partial charge on any atom is 0.0492 e. The van der Waals surface area contributed by atoms with Crippen LogP contribution in [0.3, 0.4) is 0 Å². The average molecular weight is 166 g/mol. The Morgan fingerprint density at radius 3 is 2.83 bits per heavy atom. The lowest BCUT2D eigenvalue weighted by molar-refractivity contribution is 0.467. The van der Waals surface area contributed by atoms with Gasteiger partial charge in [-0.1, -0.05) is 27.2 Å². The summed E-state index contributed by atoms with van der Waals surface area (Å²) in [5, 5.41) is 4.29. The van der Waals surface area contributed by atoms with Gasteiger partial charge in [0.2, 0.25) is 0 Å². The number of hydrogen-bond donors (Lipinski definition) is 0. The zero-order chi connectivity index (χ0) is 8.97. The van der Waals surface area contributed by atoms with Crippen molar-refractivity contribution in [1.82, 2.24) is 9.78 Å². The molecule has 0 amide bonds. The second-order valence-electron chi connectivity index (χ2n) is 3.65.